The van der Waals surface area contributed by atoms with Crippen LogP contribution in [-0.2, 0) is 9.59 Å². The summed E-state index contributed by atoms with van der Waals surface area (Å²) in [5.41, 5.74) is -1.40. The minimum atomic E-state index is -1.10. The maximum atomic E-state index is 11.5. The highest BCUT2D eigenvalue weighted by Gasteiger charge is 2.51. The molecule has 1 aliphatic carbocycles. The minimum absolute atomic E-state index is 0.158. The summed E-state index contributed by atoms with van der Waals surface area (Å²) in [5.74, 6) is -1.18. The van der Waals surface area contributed by atoms with Gasteiger partial charge in [0.2, 0.25) is 5.91 Å². The van der Waals surface area contributed by atoms with Crippen molar-refractivity contribution in [1.29, 1.82) is 0 Å². The Morgan fingerprint density at radius 1 is 1.21 bits per heavy atom. The predicted octanol–water partition coefficient (Wildman–Crippen LogP) is 0.208. The van der Waals surface area contributed by atoms with Crippen molar-refractivity contribution in [3.63, 3.8) is 0 Å². The zero-order chi connectivity index (χ0) is 14.7. The van der Waals surface area contributed by atoms with Crippen molar-refractivity contribution in [2.24, 2.45) is 0 Å². The van der Waals surface area contributed by atoms with Gasteiger partial charge in [-0.1, -0.05) is 0 Å². The maximum absolute atomic E-state index is 11.5. The highest BCUT2D eigenvalue weighted by atomic mass is 16.4. The Labute approximate surface area is 112 Å². The standard InChI is InChI=1S/C12H21N3O4/c1-11(2,3)14-8(16)4-7-13-10(19)15-12(5-6-12)9(17)18/h4-7H2,1-3H3,(H,14,16)(H,17,18)(H2,13,15,19). The number of aliphatic carboxylic acids is 1. The summed E-state index contributed by atoms with van der Waals surface area (Å²) < 4.78 is 0. The molecule has 0 aromatic rings. The molecule has 0 saturated heterocycles. The van der Waals surface area contributed by atoms with Crippen LogP contribution in [0.1, 0.15) is 40.0 Å². The normalized spacial score (nSPS) is 16.4. The molecule has 4 N–H and O–H groups in total. The first-order valence-electron chi connectivity index (χ1n) is 6.25. The molecule has 1 rings (SSSR count). The molecular weight excluding hydrogens is 250 g/mol. The fourth-order valence-electron chi connectivity index (χ4n) is 1.55. The lowest BCUT2D eigenvalue weighted by molar-refractivity contribution is -0.140. The highest BCUT2D eigenvalue weighted by Crippen LogP contribution is 2.35. The van der Waals surface area contributed by atoms with Gasteiger partial charge in [0.25, 0.3) is 0 Å². The Morgan fingerprint density at radius 3 is 2.21 bits per heavy atom. The van der Waals surface area contributed by atoms with Gasteiger partial charge in [-0.05, 0) is 33.6 Å². The van der Waals surface area contributed by atoms with Gasteiger partial charge in [0.05, 0.1) is 0 Å². The largest absolute Gasteiger partial charge is 0.480 e. The molecule has 0 unspecified atom stereocenters. The Kier molecular flexibility index (Phi) is 4.39. The number of carbonyl (C=O) groups is 3. The summed E-state index contributed by atoms with van der Waals surface area (Å²) in [6, 6.07) is -0.552. The summed E-state index contributed by atoms with van der Waals surface area (Å²) in [6.07, 6.45) is 1.05. The first-order chi connectivity index (χ1) is 8.65. The Balaban J connectivity index is 2.21. The third-order valence-corrected chi connectivity index (χ3v) is 2.66. The van der Waals surface area contributed by atoms with Gasteiger partial charge < -0.3 is 21.1 Å². The molecule has 3 amide bonds. The molecule has 7 nitrogen and oxygen atoms in total. The van der Waals surface area contributed by atoms with E-state index in [0.717, 1.165) is 0 Å². The van der Waals surface area contributed by atoms with Crippen LogP contribution in [0, 0.1) is 0 Å². The minimum Gasteiger partial charge on any atom is -0.480 e. The van der Waals surface area contributed by atoms with E-state index in [2.05, 4.69) is 16.0 Å². The molecule has 1 aliphatic rings. The molecule has 1 saturated carbocycles. The van der Waals surface area contributed by atoms with Crippen molar-refractivity contribution in [3.05, 3.63) is 0 Å². The molecular formula is C12H21N3O4. The molecule has 0 heterocycles. The first kappa shape index (κ1) is 15.3. The van der Waals surface area contributed by atoms with Gasteiger partial charge in [-0.15, -0.1) is 0 Å². The van der Waals surface area contributed by atoms with Crippen LogP contribution in [0.3, 0.4) is 0 Å². The van der Waals surface area contributed by atoms with E-state index in [1.807, 2.05) is 20.8 Å². The second kappa shape index (κ2) is 5.46. The second-order valence-corrected chi connectivity index (χ2v) is 5.82. The molecule has 7 heteroatoms. The van der Waals surface area contributed by atoms with Gasteiger partial charge in [0, 0.05) is 18.5 Å². The average Bonchev–Trinajstić information content (AvgIpc) is 2.95. The van der Waals surface area contributed by atoms with E-state index < -0.39 is 17.5 Å². The van der Waals surface area contributed by atoms with Crippen LogP contribution in [0.5, 0.6) is 0 Å². The van der Waals surface area contributed by atoms with E-state index in [-0.39, 0.29) is 24.4 Å². The van der Waals surface area contributed by atoms with Gasteiger partial charge in [-0.25, -0.2) is 9.59 Å². The fourth-order valence-corrected chi connectivity index (χ4v) is 1.55. The van der Waals surface area contributed by atoms with E-state index in [1.165, 1.54) is 0 Å². The van der Waals surface area contributed by atoms with Crippen LogP contribution in [0.4, 0.5) is 4.79 Å². The number of hydrogen-bond donors (Lipinski definition) is 4. The average molecular weight is 271 g/mol. The Morgan fingerprint density at radius 2 is 1.79 bits per heavy atom. The zero-order valence-electron chi connectivity index (χ0n) is 11.5. The second-order valence-electron chi connectivity index (χ2n) is 5.82. The van der Waals surface area contributed by atoms with Crippen molar-refractivity contribution in [1.82, 2.24) is 16.0 Å². The number of amides is 3. The van der Waals surface area contributed by atoms with E-state index in [4.69, 9.17) is 5.11 Å². The van der Waals surface area contributed by atoms with Gasteiger partial charge in [0.15, 0.2) is 0 Å². The molecule has 0 aromatic carbocycles. The molecule has 0 radical (unpaired) electrons. The molecule has 0 aromatic heterocycles. The number of carbonyl (C=O) groups excluding carboxylic acids is 2. The van der Waals surface area contributed by atoms with Crippen LogP contribution in [0.15, 0.2) is 0 Å². The summed E-state index contributed by atoms with van der Waals surface area (Å²) in [7, 11) is 0. The molecule has 1 fully saturated rings. The molecule has 0 atom stereocenters. The van der Waals surface area contributed by atoms with E-state index in [0.29, 0.717) is 12.8 Å². The Bertz CT molecular complexity index is 383. The van der Waals surface area contributed by atoms with Gasteiger partial charge in [-0.2, -0.15) is 0 Å². The Hall–Kier alpha value is -1.79. The third kappa shape index (κ3) is 5.15. The summed E-state index contributed by atoms with van der Waals surface area (Å²) in [4.78, 5) is 33.8. The van der Waals surface area contributed by atoms with E-state index in [1.54, 1.807) is 0 Å². The maximum Gasteiger partial charge on any atom is 0.329 e. The molecule has 0 spiro atoms. The van der Waals surface area contributed by atoms with Crippen LogP contribution in [-0.4, -0.2) is 40.6 Å². The number of rotatable bonds is 5. The van der Waals surface area contributed by atoms with Crippen molar-refractivity contribution in [3.8, 4) is 0 Å². The number of carboxylic acid groups (broad SMARTS) is 1. The number of urea groups is 1. The summed E-state index contributed by atoms with van der Waals surface area (Å²) in [6.45, 7) is 5.78. The predicted molar refractivity (Wildman–Crippen MR) is 68.6 cm³/mol. The van der Waals surface area contributed by atoms with Crippen LogP contribution < -0.4 is 16.0 Å². The monoisotopic (exact) mass is 271 g/mol. The quantitative estimate of drug-likeness (QED) is 0.573. The SMILES string of the molecule is CC(C)(C)NC(=O)CCNC(=O)NC1(C(=O)O)CC1. The number of carboxylic acids is 1. The molecule has 0 aliphatic heterocycles. The zero-order valence-corrected chi connectivity index (χ0v) is 11.5. The summed E-state index contributed by atoms with van der Waals surface area (Å²) >= 11 is 0. The molecule has 0 bridgehead atoms. The van der Waals surface area contributed by atoms with Gasteiger partial charge in [-0.3, -0.25) is 4.79 Å². The van der Waals surface area contributed by atoms with Crippen molar-refractivity contribution in [2.45, 2.75) is 51.1 Å². The van der Waals surface area contributed by atoms with Crippen LogP contribution in [0.25, 0.3) is 0 Å². The third-order valence-electron chi connectivity index (χ3n) is 2.66. The lowest BCUT2D eigenvalue weighted by Gasteiger charge is -2.20. The summed E-state index contributed by atoms with van der Waals surface area (Å²) in [5, 5.41) is 16.5. The lowest BCUT2D eigenvalue weighted by Crippen LogP contribution is -2.48. The van der Waals surface area contributed by atoms with E-state index >= 15 is 0 Å². The smallest absolute Gasteiger partial charge is 0.329 e. The van der Waals surface area contributed by atoms with Crippen LogP contribution in [0.2, 0.25) is 0 Å². The fraction of sp³-hybridized carbons (Fsp3) is 0.750. The lowest BCUT2D eigenvalue weighted by atomic mass is 10.1. The van der Waals surface area contributed by atoms with E-state index in [9.17, 15) is 14.4 Å². The first-order valence-corrected chi connectivity index (χ1v) is 6.25. The van der Waals surface area contributed by atoms with Gasteiger partial charge in [0.1, 0.15) is 5.54 Å². The number of hydrogen-bond acceptors (Lipinski definition) is 3. The number of nitrogens with one attached hydrogen (secondary N) is 3. The van der Waals surface area contributed by atoms with Crippen LogP contribution >= 0.6 is 0 Å². The highest BCUT2D eigenvalue weighted by molar-refractivity contribution is 5.89. The topological polar surface area (TPSA) is 108 Å². The molecule has 108 valence electrons. The molecule has 19 heavy (non-hydrogen) atoms. The van der Waals surface area contributed by atoms with Crippen molar-refractivity contribution in [2.75, 3.05) is 6.54 Å². The van der Waals surface area contributed by atoms with Gasteiger partial charge >= 0.3 is 12.0 Å². The van der Waals surface area contributed by atoms with Crippen molar-refractivity contribution >= 4 is 17.9 Å². The van der Waals surface area contributed by atoms with Crippen molar-refractivity contribution < 1.29 is 19.5 Å².